The minimum Gasteiger partial charge on any atom is -0.354 e. The molecule has 0 amide bonds. The van der Waals surface area contributed by atoms with Gasteiger partial charge in [-0.2, -0.15) is 0 Å². The van der Waals surface area contributed by atoms with Gasteiger partial charge in [0.15, 0.2) is 0 Å². The number of fused-ring (bicyclic) bond motifs is 1. The number of benzene rings is 1. The summed E-state index contributed by atoms with van der Waals surface area (Å²) in [6, 6.07) is 12.0. The number of hydrogen-bond acceptors (Lipinski definition) is 5. The van der Waals surface area contributed by atoms with Crippen molar-refractivity contribution in [3.05, 3.63) is 67.1 Å². The summed E-state index contributed by atoms with van der Waals surface area (Å²) in [5.74, 6) is 0. The molecule has 0 saturated carbocycles. The number of aromatic nitrogens is 2. The highest BCUT2D eigenvalue weighted by molar-refractivity contribution is 7.80. The van der Waals surface area contributed by atoms with E-state index in [9.17, 15) is 0 Å². The Hall–Kier alpha value is -2.37. The monoisotopic (exact) mass is 364 g/mol. The zero-order valence-electron chi connectivity index (χ0n) is 14.8. The van der Waals surface area contributed by atoms with Gasteiger partial charge in [-0.3, -0.25) is 9.97 Å². The third-order valence-electron chi connectivity index (χ3n) is 4.18. The van der Waals surface area contributed by atoms with Crippen LogP contribution in [-0.4, -0.2) is 23.1 Å². The summed E-state index contributed by atoms with van der Waals surface area (Å²) in [6.45, 7) is 6.57. The van der Waals surface area contributed by atoms with Crippen molar-refractivity contribution < 1.29 is 0 Å². The zero-order chi connectivity index (χ0) is 18.2. The topological polar surface area (TPSA) is 49.8 Å². The fraction of sp³-hybridized carbons (Fsp3) is 0.238. The molecule has 0 unspecified atom stereocenters. The Morgan fingerprint density at radius 3 is 2.62 bits per heavy atom. The Bertz CT molecular complexity index is 863. The molecule has 3 aromatic rings. The quantitative estimate of drug-likeness (QED) is 0.587. The van der Waals surface area contributed by atoms with Crippen LogP contribution >= 0.6 is 12.6 Å². The van der Waals surface area contributed by atoms with E-state index in [1.807, 2.05) is 36.4 Å². The average molecular weight is 365 g/mol. The predicted molar refractivity (Wildman–Crippen MR) is 113 cm³/mol. The van der Waals surface area contributed by atoms with Crippen LogP contribution in [0.5, 0.6) is 0 Å². The molecule has 1 aromatic carbocycles. The second-order valence-electron chi connectivity index (χ2n) is 6.26. The Morgan fingerprint density at radius 2 is 1.92 bits per heavy atom. The SMILES string of the molecule is C1CCNCC1.C=C(Nc1cncc(S)c1)c1ccc2cccnc2c1. The first-order valence-corrected chi connectivity index (χ1v) is 9.33. The Kier molecular flexibility index (Phi) is 6.63. The van der Waals surface area contributed by atoms with Crippen molar-refractivity contribution >= 4 is 34.9 Å². The van der Waals surface area contributed by atoms with E-state index < -0.39 is 0 Å². The summed E-state index contributed by atoms with van der Waals surface area (Å²) in [6.07, 6.45) is 9.44. The fourth-order valence-corrected chi connectivity index (χ4v) is 3.00. The summed E-state index contributed by atoms with van der Waals surface area (Å²) in [5.41, 5.74) is 3.62. The van der Waals surface area contributed by atoms with Gasteiger partial charge < -0.3 is 10.6 Å². The number of nitrogens with zero attached hydrogens (tertiary/aromatic N) is 2. The molecule has 0 spiro atoms. The van der Waals surface area contributed by atoms with E-state index in [1.165, 1.54) is 32.4 Å². The standard InChI is InChI=1S/C16H13N3S.C5H11N/c1-11(19-14-8-15(20)10-17-9-14)13-5-4-12-3-2-6-18-16(12)7-13;1-2-4-6-5-3-1/h2-10,19-20H,1H2;6H,1-5H2. The first-order chi connectivity index (χ1) is 12.7. The largest absolute Gasteiger partial charge is 0.354 e. The van der Waals surface area contributed by atoms with Gasteiger partial charge in [-0.05, 0) is 49.7 Å². The third-order valence-corrected chi connectivity index (χ3v) is 4.43. The van der Waals surface area contributed by atoms with Crippen molar-refractivity contribution in [2.45, 2.75) is 24.2 Å². The van der Waals surface area contributed by atoms with Crippen molar-refractivity contribution in [2.24, 2.45) is 0 Å². The molecule has 26 heavy (non-hydrogen) atoms. The first-order valence-electron chi connectivity index (χ1n) is 8.88. The van der Waals surface area contributed by atoms with Gasteiger partial charge in [-0.25, -0.2) is 0 Å². The Morgan fingerprint density at radius 1 is 1.08 bits per heavy atom. The van der Waals surface area contributed by atoms with Gasteiger partial charge in [-0.1, -0.05) is 31.2 Å². The smallest absolute Gasteiger partial charge is 0.0708 e. The summed E-state index contributed by atoms with van der Waals surface area (Å²) in [7, 11) is 0. The lowest BCUT2D eigenvalue weighted by atomic mass is 10.1. The van der Waals surface area contributed by atoms with Gasteiger partial charge in [0, 0.05) is 28.4 Å². The highest BCUT2D eigenvalue weighted by Gasteiger charge is 2.02. The van der Waals surface area contributed by atoms with Gasteiger partial charge in [0.2, 0.25) is 0 Å². The molecule has 1 aliphatic heterocycles. The molecule has 2 aromatic heterocycles. The van der Waals surface area contributed by atoms with Crippen LogP contribution in [0.25, 0.3) is 16.6 Å². The number of thiol groups is 1. The zero-order valence-corrected chi connectivity index (χ0v) is 15.7. The van der Waals surface area contributed by atoms with Gasteiger partial charge >= 0.3 is 0 Å². The van der Waals surface area contributed by atoms with E-state index in [1.54, 1.807) is 18.6 Å². The van der Waals surface area contributed by atoms with E-state index in [-0.39, 0.29) is 0 Å². The summed E-state index contributed by atoms with van der Waals surface area (Å²) < 4.78 is 0. The third kappa shape index (κ3) is 5.31. The van der Waals surface area contributed by atoms with Gasteiger partial charge in [0.05, 0.1) is 17.4 Å². The summed E-state index contributed by atoms with van der Waals surface area (Å²) in [4.78, 5) is 9.25. The normalized spacial score (nSPS) is 13.6. The Balaban J connectivity index is 0.000000278. The fourth-order valence-electron chi connectivity index (χ4n) is 2.80. The maximum Gasteiger partial charge on any atom is 0.0708 e. The van der Waals surface area contributed by atoms with Crippen LogP contribution in [0.3, 0.4) is 0 Å². The Labute approximate surface area is 160 Å². The molecular weight excluding hydrogens is 340 g/mol. The van der Waals surface area contributed by atoms with Crippen molar-refractivity contribution in [1.82, 2.24) is 15.3 Å². The van der Waals surface area contributed by atoms with Gasteiger partial charge in [-0.15, -0.1) is 12.6 Å². The van der Waals surface area contributed by atoms with E-state index in [2.05, 4.69) is 39.8 Å². The average Bonchev–Trinajstić information content (AvgIpc) is 2.69. The van der Waals surface area contributed by atoms with E-state index >= 15 is 0 Å². The minimum absolute atomic E-state index is 0.804. The summed E-state index contributed by atoms with van der Waals surface area (Å²) in [5, 5.41) is 7.63. The van der Waals surface area contributed by atoms with Gasteiger partial charge in [0.25, 0.3) is 0 Å². The second kappa shape index (κ2) is 9.36. The molecule has 3 heterocycles. The lowest BCUT2D eigenvalue weighted by Gasteiger charge is -2.10. The molecule has 0 aliphatic carbocycles. The highest BCUT2D eigenvalue weighted by Crippen LogP contribution is 2.21. The lowest BCUT2D eigenvalue weighted by molar-refractivity contribution is 0.520. The molecule has 134 valence electrons. The number of hydrogen-bond donors (Lipinski definition) is 3. The molecule has 4 rings (SSSR count). The first kappa shape index (κ1) is 18.4. The van der Waals surface area contributed by atoms with Crippen LogP contribution in [0, 0.1) is 0 Å². The molecule has 5 heteroatoms. The molecule has 0 radical (unpaired) electrons. The van der Waals surface area contributed by atoms with E-state index in [4.69, 9.17) is 0 Å². The van der Waals surface area contributed by atoms with Crippen molar-refractivity contribution in [1.29, 1.82) is 0 Å². The van der Waals surface area contributed by atoms with E-state index in [0.717, 1.165) is 32.7 Å². The molecule has 1 aliphatic rings. The molecule has 1 fully saturated rings. The van der Waals surface area contributed by atoms with Crippen LogP contribution < -0.4 is 10.6 Å². The minimum atomic E-state index is 0.804. The molecule has 2 N–H and O–H groups in total. The predicted octanol–water partition coefficient (Wildman–Crippen LogP) is 4.76. The van der Waals surface area contributed by atoms with Crippen LogP contribution in [-0.2, 0) is 0 Å². The number of pyridine rings is 2. The van der Waals surface area contributed by atoms with Crippen molar-refractivity contribution in [3.63, 3.8) is 0 Å². The van der Waals surface area contributed by atoms with Crippen LogP contribution in [0.2, 0.25) is 0 Å². The van der Waals surface area contributed by atoms with E-state index in [0.29, 0.717) is 0 Å². The van der Waals surface area contributed by atoms with Crippen LogP contribution in [0.1, 0.15) is 24.8 Å². The van der Waals surface area contributed by atoms with Gasteiger partial charge in [0.1, 0.15) is 0 Å². The molecular formula is C21H24N4S. The highest BCUT2D eigenvalue weighted by atomic mass is 32.1. The lowest BCUT2D eigenvalue weighted by Crippen LogP contribution is -2.21. The van der Waals surface area contributed by atoms with Crippen molar-refractivity contribution in [2.75, 3.05) is 18.4 Å². The second-order valence-corrected chi connectivity index (χ2v) is 6.77. The molecule has 1 saturated heterocycles. The number of rotatable bonds is 3. The number of nitrogens with one attached hydrogen (secondary N) is 2. The van der Waals surface area contributed by atoms with Crippen LogP contribution in [0.4, 0.5) is 5.69 Å². The molecule has 0 atom stereocenters. The number of anilines is 1. The van der Waals surface area contributed by atoms with Crippen LogP contribution in [0.15, 0.2) is 66.5 Å². The van der Waals surface area contributed by atoms with Crippen molar-refractivity contribution in [3.8, 4) is 0 Å². The number of piperidine rings is 1. The maximum atomic E-state index is 4.35. The molecule has 4 nitrogen and oxygen atoms in total. The summed E-state index contributed by atoms with van der Waals surface area (Å²) >= 11 is 4.27. The molecule has 0 bridgehead atoms. The maximum absolute atomic E-state index is 4.35.